The molecular weight excluding hydrogens is 1160 g/mol. The maximum atomic E-state index is 4.12. The van der Waals surface area contributed by atoms with Gasteiger partial charge in [0.15, 0.2) is 0 Å². The summed E-state index contributed by atoms with van der Waals surface area (Å²) in [5, 5.41) is 12.8. The van der Waals surface area contributed by atoms with Crippen LogP contribution in [0.3, 0.4) is 0 Å². The molecule has 0 saturated heterocycles. The van der Waals surface area contributed by atoms with Crippen LogP contribution >= 0.6 is 0 Å². The molecule has 0 unspecified atom stereocenters. The van der Waals surface area contributed by atoms with Crippen LogP contribution in [-0.4, -0.2) is 19.2 Å². The van der Waals surface area contributed by atoms with Crippen LogP contribution in [0.25, 0.3) is 113 Å². The topological polar surface area (TPSA) is 57.5 Å². The minimum atomic E-state index is 0. The normalized spacial score (nSPS) is 13.1. The van der Waals surface area contributed by atoms with E-state index in [1.807, 2.05) is 24.3 Å². The second-order valence-electron chi connectivity index (χ2n) is 20.3. The Kier molecular flexibility index (Phi) is 13.5. The number of hydrogen-bond donors (Lipinski definition) is 0. The van der Waals surface area contributed by atoms with Crippen LogP contribution in [0.5, 0.6) is 0 Å². The van der Waals surface area contributed by atoms with Crippen LogP contribution in [0.2, 0.25) is 0 Å². The molecule has 4 heterocycles. The summed E-state index contributed by atoms with van der Waals surface area (Å²) in [5.41, 5.74) is 24.1. The van der Waals surface area contributed by atoms with E-state index in [4.69, 9.17) is 0 Å². The molecule has 0 N–H and O–H groups in total. The molecule has 4 aliphatic rings. The summed E-state index contributed by atoms with van der Waals surface area (Å²) in [6.07, 6.45) is 28.5. The quantitative estimate of drug-likeness (QED) is 0.118. The zero-order chi connectivity index (χ0) is 52.8. The number of aryl methyl sites for hydroxylation is 2. The molecule has 0 atom stereocenters. The number of benzene rings is 8. The molecule has 1 radical (unpaired) electrons. The summed E-state index contributed by atoms with van der Waals surface area (Å²) < 4.78 is 8.65. The van der Waals surface area contributed by atoms with Gasteiger partial charge in [-0.15, -0.1) is 44.8 Å². The fraction of sp³-hybridized carbons (Fsp3) is 0.0833. The predicted molar refractivity (Wildman–Crippen MR) is 317 cm³/mol. The van der Waals surface area contributed by atoms with E-state index in [9.17, 15) is 0 Å². The first-order chi connectivity index (χ1) is 39.1. The van der Waals surface area contributed by atoms with E-state index < -0.39 is 0 Å². The van der Waals surface area contributed by atoms with Gasteiger partial charge in [-0.1, -0.05) is 212 Å². The van der Waals surface area contributed by atoms with Gasteiger partial charge in [-0.25, -0.2) is 0 Å². The van der Waals surface area contributed by atoms with Gasteiger partial charge in [0, 0.05) is 38.2 Å². The minimum Gasteiger partial charge on any atom is -0.574 e. The van der Waals surface area contributed by atoms with Gasteiger partial charge in [0.25, 0.3) is 0 Å². The van der Waals surface area contributed by atoms with Gasteiger partial charge in [-0.3, -0.25) is 4.98 Å². The molecule has 7 nitrogen and oxygen atoms in total. The summed E-state index contributed by atoms with van der Waals surface area (Å²) in [6, 6.07) is 70.7. The average Bonchev–Trinajstić information content (AvgIpc) is 4.35. The molecule has 0 aliphatic heterocycles. The summed E-state index contributed by atoms with van der Waals surface area (Å²) in [7, 11) is 4.16. The molecule has 80 heavy (non-hydrogen) atoms. The number of pyridine rings is 1. The van der Waals surface area contributed by atoms with Gasteiger partial charge < -0.3 is 28.5 Å². The standard InChI is InChI=1S/2C32H23N2.C8H6N3.Ir/c2*1-33-21-34(32(26-11-6-3-7-12-26)31(33)25-9-4-2-5-10-25)28-20-18-24-16-15-22-13-8-14-23-17-19-27(28)30(24)29(22)23;1-2-5-9-7(3-1)8-4-6-10-11-8;/h2*2-12,14-15,17-19H,13,16H2,1H3;1-6H;/q3*-1;. The molecule has 0 amide bonds. The van der Waals surface area contributed by atoms with E-state index in [0.717, 1.165) is 82.3 Å². The first-order valence-electron chi connectivity index (χ1n) is 26.9. The third-order valence-corrected chi connectivity index (χ3v) is 15.5. The van der Waals surface area contributed by atoms with Crippen LogP contribution in [-0.2, 0) is 47.0 Å². The van der Waals surface area contributed by atoms with Gasteiger partial charge in [-0.2, -0.15) is 24.3 Å². The first-order valence-corrected chi connectivity index (χ1v) is 26.9. The number of allylic oxidation sites excluding steroid dienone is 6. The molecule has 12 aromatic rings. The molecule has 8 heteroatoms. The Hall–Kier alpha value is -9.33. The van der Waals surface area contributed by atoms with Gasteiger partial charge in [0.05, 0.1) is 36.9 Å². The van der Waals surface area contributed by atoms with Crippen LogP contribution in [0.15, 0.2) is 219 Å². The van der Waals surface area contributed by atoms with E-state index in [2.05, 4.69) is 267 Å². The van der Waals surface area contributed by atoms with Crippen molar-refractivity contribution < 1.29 is 29.2 Å². The molecule has 16 rings (SSSR count). The van der Waals surface area contributed by atoms with Crippen LogP contribution in [0.4, 0.5) is 0 Å². The molecule has 387 valence electrons. The number of nitrogens with zero attached hydrogens (tertiary/aromatic N) is 7. The fourth-order valence-electron chi connectivity index (χ4n) is 12.1. The van der Waals surface area contributed by atoms with E-state index in [-0.39, 0.29) is 20.1 Å². The average molecular weight is 1210 g/mol. The molecule has 0 saturated carbocycles. The molecule has 4 aromatic heterocycles. The van der Waals surface area contributed by atoms with E-state index in [1.54, 1.807) is 12.4 Å². The molecule has 8 aromatic carbocycles. The monoisotopic (exact) mass is 1210 g/mol. The third kappa shape index (κ3) is 8.93. The molecule has 0 fully saturated rings. The van der Waals surface area contributed by atoms with Gasteiger partial charge in [-0.05, 0) is 80.6 Å². The van der Waals surface area contributed by atoms with Crippen molar-refractivity contribution in [2.75, 3.05) is 0 Å². The van der Waals surface area contributed by atoms with Crippen molar-refractivity contribution in [3.8, 4) is 67.8 Å². The number of rotatable bonds is 7. The van der Waals surface area contributed by atoms with Crippen molar-refractivity contribution >= 4 is 44.8 Å². The molecular formula is C72H52IrN7-3. The first kappa shape index (κ1) is 50.2. The van der Waals surface area contributed by atoms with E-state index >= 15 is 0 Å². The van der Waals surface area contributed by atoms with Crippen molar-refractivity contribution in [3.63, 3.8) is 0 Å². The summed E-state index contributed by atoms with van der Waals surface area (Å²) >= 11 is 0. The maximum Gasteiger partial charge on any atom is 0.242 e. The zero-order valence-electron chi connectivity index (χ0n) is 44.2. The second kappa shape index (κ2) is 21.5. The second-order valence-corrected chi connectivity index (χ2v) is 20.3. The Morgan fingerprint density at radius 2 is 0.925 bits per heavy atom. The van der Waals surface area contributed by atoms with Crippen molar-refractivity contribution in [1.82, 2.24) is 24.3 Å². The van der Waals surface area contributed by atoms with Gasteiger partial charge in [0.1, 0.15) is 0 Å². The molecule has 0 bridgehead atoms. The number of aromatic nitrogens is 7. The van der Waals surface area contributed by atoms with Crippen molar-refractivity contribution in [2.45, 2.75) is 25.7 Å². The van der Waals surface area contributed by atoms with Gasteiger partial charge in [0.2, 0.25) is 12.7 Å². The van der Waals surface area contributed by atoms with Crippen molar-refractivity contribution in [1.29, 1.82) is 0 Å². The molecule has 4 aliphatic carbocycles. The summed E-state index contributed by atoms with van der Waals surface area (Å²) in [4.78, 5) is 4.12. The van der Waals surface area contributed by atoms with Crippen molar-refractivity contribution in [3.05, 3.63) is 277 Å². The Labute approximate surface area is 479 Å². The summed E-state index contributed by atoms with van der Waals surface area (Å²) in [6.45, 7) is 0. The van der Waals surface area contributed by atoms with Crippen molar-refractivity contribution in [2.24, 2.45) is 14.1 Å². The van der Waals surface area contributed by atoms with Gasteiger partial charge >= 0.3 is 0 Å². The Morgan fingerprint density at radius 1 is 0.475 bits per heavy atom. The number of hydrogen-bond acceptors (Lipinski definition) is 2. The minimum absolute atomic E-state index is 0. The number of imidazole rings is 2. The zero-order valence-corrected chi connectivity index (χ0v) is 46.6. The van der Waals surface area contributed by atoms with E-state index in [1.165, 1.54) is 77.2 Å². The van der Waals surface area contributed by atoms with Crippen LogP contribution in [0.1, 0.15) is 46.2 Å². The third-order valence-electron chi connectivity index (χ3n) is 15.5. The summed E-state index contributed by atoms with van der Waals surface area (Å²) in [5.74, 6) is 0. The predicted octanol–water partition coefficient (Wildman–Crippen LogP) is 14.6. The van der Waals surface area contributed by atoms with Crippen LogP contribution < -0.4 is 14.2 Å². The SMILES string of the molecule is C[n+]1[c-]n(-c2[c-]cc3c4c5c(ccc24)C=CCC5=CC3)c(-c2ccccc2)c1-c1ccccc1.C[n+]1[c-]n(-c2[c-]cc3c4c5c(ccc24)C=CCC5=CC3)c(-c2ccccc2)c1-c1ccccc1.[Ir].c1ccc(-c2ccn[n-]2)nc1. The Balaban J connectivity index is 0.000000126. The fourth-order valence-corrected chi connectivity index (χ4v) is 12.1. The smallest absolute Gasteiger partial charge is 0.242 e. The molecule has 0 spiro atoms. The largest absolute Gasteiger partial charge is 0.574 e. The maximum absolute atomic E-state index is 4.12. The van der Waals surface area contributed by atoms with Crippen LogP contribution in [0, 0.1) is 24.8 Å². The Bertz CT molecular complexity index is 4150. The van der Waals surface area contributed by atoms with E-state index in [0.29, 0.717) is 0 Å². The Morgan fingerprint density at radius 3 is 1.35 bits per heavy atom.